The summed E-state index contributed by atoms with van der Waals surface area (Å²) in [6.45, 7) is 0.122. The second-order valence-electron chi connectivity index (χ2n) is 4.12. The van der Waals surface area contributed by atoms with Crippen LogP contribution < -0.4 is 10.6 Å². The number of nitrogens with zero attached hydrogens (tertiary/aromatic N) is 1. The number of rotatable bonds is 8. The van der Waals surface area contributed by atoms with E-state index in [0.717, 1.165) is 4.90 Å². The van der Waals surface area contributed by atoms with Gasteiger partial charge in [0.15, 0.2) is 0 Å². The zero-order valence-electron chi connectivity index (χ0n) is 11.4. The molecule has 0 aromatic heterocycles. The quantitative estimate of drug-likeness (QED) is 0.456. The van der Waals surface area contributed by atoms with Crippen molar-refractivity contribution in [2.45, 2.75) is 25.3 Å². The predicted octanol–water partition coefficient (Wildman–Crippen LogP) is -0.918. The molecule has 0 heterocycles. The minimum Gasteiger partial charge on any atom is -0.481 e. The molecule has 0 aliphatic heterocycles. The summed E-state index contributed by atoms with van der Waals surface area (Å²) in [5.74, 6) is -2.69. The Labute approximate surface area is 115 Å². The Morgan fingerprint density at radius 1 is 1.15 bits per heavy atom. The van der Waals surface area contributed by atoms with Crippen LogP contribution >= 0.6 is 0 Å². The van der Waals surface area contributed by atoms with Crippen LogP contribution in [0.25, 0.3) is 0 Å². The van der Waals surface area contributed by atoms with Crippen LogP contribution in [0, 0.1) is 0 Å². The van der Waals surface area contributed by atoms with Gasteiger partial charge in [0, 0.05) is 33.5 Å². The second-order valence-corrected chi connectivity index (χ2v) is 4.12. The fourth-order valence-corrected chi connectivity index (χ4v) is 1.28. The first-order valence-electron chi connectivity index (χ1n) is 5.94. The highest BCUT2D eigenvalue weighted by molar-refractivity contribution is 5.83. The van der Waals surface area contributed by atoms with E-state index in [1.807, 2.05) is 0 Å². The first kappa shape index (κ1) is 17.7. The molecule has 9 nitrogen and oxygen atoms in total. The number of urea groups is 1. The Kier molecular flexibility index (Phi) is 7.71. The van der Waals surface area contributed by atoms with Crippen LogP contribution in [0.4, 0.5) is 4.79 Å². The van der Waals surface area contributed by atoms with Gasteiger partial charge in [0.25, 0.3) is 0 Å². The highest BCUT2D eigenvalue weighted by Crippen LogP contribution is 2.00. The average molecular weight is 289 g/mol. The second kappa shape index (κ2) is 8.73. The summed E-state index contributed by atoms with van der Waals surface area (Å²) in [6, 6.07) is -1.95. The molecule has 0 spiro atoms. The van der Waals surface area contributed by atoms with Crippen LogP contribution in [0.1, 0.15) is 19.3 Å². The van der Waals surface area contributed by atoms with Crippen molar-refractivity contribution in [2.75, 3.05) is 20.6 Å². The lowest BCUT2D eigenvalue weighted by Crippen LogP contribution is -2.47. The SMILES string of the molecule is CNC(=O)CCN(C)C(=O)NC(CCC(=O)O)C(=O)O. The molecule has 0 rings (SSSR count). The van der Waals surface area contributed by atoms with Gasteiger partial charge in [-0.25, -0.2) is 9.59 Å². The van der Waals surface area contributed by atoms with Gasteiger partial charge < -0.3 is 25.7 Å². The summed E-state index contributed by atoms with van der Waals surface area (Å²) in [5.41, 5.74) is 0. The lowest BCUT2D eigenvalue weighted by Gasteiger charge is -2.20. The van der Waals surface area contributed by atoms with Gasteiger partial charge in [-0.05, 0) is 6.42 Å². The van der Waals surface area contributed by atoms with Crippen molar-refractivity contribution in [2.24, 2.45) is 0 Å². The van der Waals surface area contributed by atoms with Crippen molar-refractivity contribution < 1.29 is 29.4 Å². The standard InChI is InChI=1S/C11H19N3O6/c1-12-8(15)5-6-14(2)11(20)13-7(10(18)19)3-4-9(16)17/h7H,3-6H2,1-2H3,(H,12,15)(H,13,20)(H,16,17)(H,18,19). The summed E-state index contributed by atoms with van der Waals surface area (Å²) in [4.78, 5) is 45.1. The highest BCUT2D eigenvalue weighted by atomic mass is 16.4. The lowest BCUT2D eigenvalue weighted by molar-refractivity contribution is -0.140. The van der Waals surface area contributed by atoms with Crippen molar-refractivity contribution in [3.8, 4) is 0 Å². The summed E-state index contributed by atoms with van der Waals surface area (Å²) < 4.78 is 0. The van der Waals surface area contributed by atoms with E-state index in [9.17, 15) is 19.2 Å². The topological polar surface area (TPSA) is 136 Å². The van der Waals surface area contributed by atoms with Gasteiger partial charge >= 0.3 is 18.0 Å². The normalized spacial score (nSPS) is 11.3. The van der Waals surface area contributed by atoms with Crippen LogP contribution in [0.5, 0.6) is 0 Å². The summed E-state index contributed by atoms with van der Waals surface area (Å²) in [5, 5.41) is 22.0. The Morgan fingerprint density at radius 2 is 1.75 bits per heavy atom. The molecule has 4 N–H and O–H groups in total. The Hall–Kier alpha value is -2.32. The number of carbonyl (C=O) groups excluding carboxylic acids is 2. The number of hydrogen-bond acceptors (Lipinski definition) is 4. The monoisotopic (exact) mass is 289 g/mol. The van der Waals surface area contributed by atoms with E-state index >= 15 is 0 Å². The fourth-order valence-electron chi connectivity index (χ4n) is 1.28. The number of nitrogens with one attached hydrogen (secondary N) is 2. The minimum absolute atomic E-state index is 0.0906. The first-order valence-corrected chi connectivity index (χ1v) is 5.94. The molecule has 0 bridgehead atoms. The Balaban J connectivity index is 4.33. The van der Waals surface area contributed by atoms with E-state index < -0.39 is 24.0 Å². The van der Waals surface area contributed by atoms with Crippen LogP contribution in [0.15, 0.2) is 0 Å². The Morgan fingerprint density at radius 3 is 2.20 bits per heavy atom. The molecule has 0 aliphatic carbocycles. The molecule has 0 radical (unpaired) electrons. The van der Waals surface area contributed by atoms with Crippen LogP contribution in [-0.2, 0) is 14.4 Å². The van der Waals surface area contributed by atoms with Crippen molar-refractivity contribution in [3.05, 3.63) is 0 Å². The third-order valence-electron chi connectivity index (χ3n) is 2.54. The predicted molar refractivity (Wildman–Crippen MR) is 68.1 cm³/mol. The molecule has 0 saturated carbocycles. The molecule has 1 unspecified atom stereocenters. The van der Waals surface area contributed by atoms with Crippen LogP contribution in [-0.4, -0.2) is 65.7 Å². The molecule has 3 amide bonds. The minimum atomic E-state index is -1.31. The van der Waals surface area contributed by atoms with Crippen molar-refractivity contribution in [1.82, 2.24) is 15.5 Å². The first-order chi connectivity index (χ1) is 9.27. The summed E-state index contributed by atoms with van der Waals surface area (Å²) in [7, 11) is 2.88. The maximum Gasteiger partial charge on any atom is 0.326 e. The van der Waals surface area contributed by atoms with Gasteiger partial charge in [-0.3, -0.25) is 9.59 Å². The van der Waals surface area contributed by atoms with E-state index in [0.29, 0.717) is 0 Å². The van der Waals surface area contributed by atoms with Crippen molar-refractivity contribution in [1.29, 1.82) is 0 Å². The van der Waals surface area contributed by atoms with Crippen LogP contribution in [0.3, 0.4) is 0 Å². The zero-order chi connectivity index (χ0) is 15.7. The maximum atomic E-state index is 11.7. The Bertz CT molecular complexity index is 384. The molecular formula is C11H19N3O6. The third kappa shape index (κ3) is 7.19. The van der Waals surface area contributed by atoms with Crippen molar-refractivity contribution >= 4 is 23.9 Å². The molecule has 0 aliphatic rings. The third-order valence-corrected chi connectivity index (χ3v) is 2.54. The molecule has 0 aromatic rings. The van der Waals surface area contributed by atoms with E-state index in [4.69, 9.17) is 10.2 Å². The number of amides is 3. The van der Waals surface area contributed by atoms with E-state index in [-0.39, 0.29) is 31.7 Å². The molecule has 9 heteroatoms. The van der Waals surface area contributed by atoms with Gasteiger partial charge in [-0.15, -0.1) is 0 Å². The number of hydrogen-bond donors (Lipinski definition) is 4. The average Bonchev–Trinajstić information content (AvgIpc) is 2.39. The molecule has 0 aromatic carbocycles. The van der Waals surface area contributed by atoms with Crippen LogP contribution in [0.2, 0.25) is 0 Å². The molecule has 1 atom stereocenters. The zero-order valence-corrected chi connectivity index (χ0v) is 11.4. The summed E-state index contributed by atoms with van der Waals surface area (Å²) in [6.07, 6.45) is -0.480. The largest absolute Gasteiger partial charge is 0.481 e. The smallest absolute Gasteiger partial charge is 0.326 e. The molecule has 0 fully saturated rings. The highest BCUT2D eigenvalue weighted by Gasteiger charge is 2.22. The molecular weight excluding hydrogens is 270 g/mol. The van der Waals surface area contributed by atoms with Gasteiger partial charge in [0.1, 0.15) is 6.04 Å². The molecule has 114 valence electrons. The van der Waals surface area contributed by atoms with E-state index in [1.165, 1.54) is 14.1 Å². The van der Waals surface area contributed by atoms with Gasteiger partial charge in [-0.2, -0.15) is 0 Å². The van der Waals surface area contributed by atoms with Gasteiger partial charge in [-0.1, -0.05) is 0 Å². The van der Waals surface area contributed by atoms with E-state index in [1.54, 1.807) is 0 Å². The molecule has 0 saturated heterocycles. The number of carbonyl (C=O) groups is 4. The van der Waals surface area contributed by atoms with Gasteiger partial charge in [0.05, 0.1) is 0 Å². The fraction of sp³-hybridized carbons (Fsp3) is 0.636. The van der Waals surface area contributed by atoms with Gasteiger partial charge in [0.2, 0.25) is 5.91 Å². The maximum absolute atomic E-state index is 11.7. The number of carboxylic acid groups (broad SMARTS) is 2. The number of aliphatic carboxylic acids is 2. The lowest BCUT2D eigenvalue weighted by atomic mass is 10.1. The van der Waals surface area contributed by atoms with Crippen molar-refractivity contribution in [3.63, 3.8) is 0 Å². The number of carboxylic acids is 2. The summed E-state index contributed by atoms with van der Waals surface area (Å²) >= 11 is 0. The van der Waals surface area contributed by atoms with E-state index in [2.05, 4.69) is 10.6 Å². The molecule has 20 heavy (non-hydrogen) atoms.